The summed E-state index contributed by atoms with van der Waals surface area (Å²) in [5.41, 5.74) is 0.700. The molecule has 0 fully saturated rings. The van der Waals surface area contributed by atoms with E-state index >= 15 is 0 Å². The van der Waals surface area contributed by atoms with Gasteiger partial charge in [0.2, 0.25) is 0 Å². The van der Waals surface area contributed by atoms with E-state index in [2.05, 4.69) is 22.3 Å². The molecular weight excluding hydrogens is 292 g/mol. The Balaban J connectivity index is 2.07. The minimum absolute atomic E-state index is 0.240. The summed E-state index contributed by atoms with van der Waals surface area (Å²) in [6.45, 7) is 3.62. The second kappa shape index (κ2) is 6.49. The summed E-state index contributed by atoms with van der Waals surface area (Å²) in [4.78, 5) is 27.7. The average molecular weight is 308 g/mol. The fourth-order valence-corrected chi connectivity index (χ4v) is 2.87. The normalized spacial score (nSPS) is 10.6. The van der Waals surface area contributed by atoms with Crippen molar-refractivity contribution in [3.05, 3.63) is 27.8 Å². The topological polar surface area (TPSA) is 97.1 Å². The molecule has 0 spiro atoms. The molecule has 2 aromatic heterocycles. The Bertz CT molecular complexity index is 662. The zero-order valence-electron chi connectivity index (χ0n) is 11.8. The third kappa shape index (κ3) is 3.88. The van der Waals surface area contributed by atoms with Crippen molar-refractivity contribution in [3.63, 3.8) is 0 Å². The highest BCUT2D eigenvalue weighted by molar-refractivity contribution is 7.13. The predicted molar refractivity (Wildman–Crippen MR) is 78.7 cm³/mol. The average Bonchev–Trinajstić information content (AvgIpc) is 2.96. The van der Waals surface area contributed by atoms with Gasteiger partial charge in [-0.2, -0.15) is 5.10 Å². The molecule has 0 atom stereocenters. The Labute approximate surface area is 125 Å². The Morgan fingerprint density at radius 3 is 2.90 bits per heavy atom. The number of hydrogen-bond acceptors (Lipinski definition) is 5. The smallest absolute Gasteiger partial charge is 0.325 e. The van der Waals surface area contributed by atoms with Crippen LogP contribution in [0.3, 0.4) is 0 Å². The lowest BCUT2D eigenvalue weighted by molar-refractivity contribution is -0.137. The Kier molecular flexibility index (Phi) is 4.69. The van der Waals surface area contributed by atoms with E-state index in [0.29, 0.717) is 16.4 Å². The number of amides is 1. The number of carbonyl (C=O) groups is 2. The van der Waals surface area contributed by atoms with Gasteiger partial charge in [0.15, 0.2) is 5.82 Å². The lowest BCUT2D eigenvalue weighted by Crippen LogP contribution is -2.13. The lowest BCUT2D eigenvalue weighted by Gasteiger charge is -2.00. The minimum atomic E-state index is -0.988. The van der Waals surface area contributed by atoms with E-state index in [1.54, 1.807) is 13.0 Å². The first-order valence-electron chi connectivity index (χ1n) is 6.52. The number of nitrogens with zero attached hydrogens (tertiary/aromatic N) is 3. The van der Waals surface area contributed by atoms with Crippen molar-refractivity contribution >= 4 is 29.0 Å². The van der Waals surface area contributed by atoms with Crippen molar-refractivity contribution in [3.8, 4) is 0 Å². The van der Waals surface area contributed by atoms with Crippen LogP contribution in [-0.4, -0.2) is 31.7 Å². The van der Waals surface area contributed by atoms with Gasteiger partial charge in [-0.05, 0) is 19.8 Å². The van der Waals surface area contributed by atoms with Crippen LogP contribution >= 0.6 is 11.3 Å². The molecule has 0 aliphatic heterocycles. The van der Waals surface area contributed by atoms with Gasteiger partial charge in [-0.25, -0.2) is 4.98 Å². The monoisotopic (exact) mass is 308 g/mol. The fraction of sp³-hybridized carbons (Fsp3) is 0.385. The summed E-state index contributed by atoms with van der Waals surface area (Å²) >= 11 is 1.38. The fourth-order valence-electron chi connectivity index (χ4n) is 1.81. The molecule has 21 heavy (non-hydrogen) atoms. The summed E-state index contributed by atoms with van der Waals surface area (Å²) < 4.78 is 1.25. The third-order valence-corrected chi connectivity index (χ3v) is 3.91. The summed E-state index contributed by atoms with van der Waals surface area (Å²) in [6, 6.07) is 1.56. The summed E-state index contributed by atoms with van der Waals surface area (Å²) in [6.07, 6.45) is 3.34. The molecule has 8 heteroatoms. The standard InChI is InChI=1S/C13H16N4O3S/c1-3-4-10-14-8(2)12(21-10)13(20)15-9-5-6-17(16-9)7-11(18)19/h5-6H,3-4,7H2,1-2H3,(H,18,19)(H,15,16,20). The zero-order chi connectivity index (χ0) is 15.4. The molecular formula is C13H16N4O3S. The minimum Gasteiger partial charge on any atom is -0.480 e. The van der Waals surface area contributed by atoms with E-state index in [0.717, 1.165) is 17.8 Å². The van der Waals surface area contributed by atoms with Gasteiger partial charge >= 0.3 is 5.97 Å². The van der Waals surface area contributed by atoms with Crippen LogP contribution in [0.5, 0.6) is 0 Å². The van der Waals surface area contributed by atoms with E-state index in [1.807, 2.05) is 0 Å². The second-order valence-electron chi connectivity index (χ2n) is 4.52. The van der Waals surface area contributed by atoms with Crippen LogP contribution in [0.2, 0.25) is 0 Å². The summed E-state index contributed by atoms with van der Waals surface area (Å²) in [5.74, 6) is -0.933. The first-order valence-corrected chi connectivity index (χ1v) is 7.34. The van der Waals surface area contributed by atoms with Gasteiger partial charge in [-0.15, -0.1) is 11.3 Å². The molecule has 0 aliphatic rings. The molecule has 0 radical (unpaired) electrons. The number of carboxylic acid groups (broad SMARTS) is 1. The largest absolute Gasteiger partial charge is 0.480 e. The zero-order valence-corrected chi connectivity index (χ0v) is 12.6. The number of rotatable bonds is 6. The van der Waals surface area contributed by atoms with E-state index in [9.17, 15) is 9.59 Å². The number of hydrogen-bond donors (Lipinski definition) is 2. The van der Waals surface area contributed by atoms with E-state index in [-0.39, 0.29) is 12.5 Å². The molecule has 112 valence electrons. The van der Waals surface area contributed by atoms with Crippen LogP contribution < -0.4 is 5.32 Å². The SMILES string of the molecule is CCCc1nc(C)c(C(=O)Nc2ccn(CC(=O)O)n2)s1. The molecule has 1 amide bonds. The van der Waals surface area contributed by atoms with Crippen molar-refractivity contribution in [2.45, 2.75) is 33.2 Å². The number of aromatic nitrogens is 3. The van der Waals surface area contributed by atoms with Crippen molar-refractivity contribution < 1.29 is 14.7 Å². The number of aryl methyl sites for hydroxylation is 2. The van der Waals surface area contributed by atoms with Crippen LogP contribution in [0, 0.1) is 6.92 Å². The maximum absolute atomic E-state index is 12.2. The molecule has 0 saturated carbocycles. The van der Waals surface area contributed by atoms with Gasteiger partial charge in [0, 0.05) is 12.3 Å². The highest BCUT2D eigenvalue weighted by atomic mass is 32.1. The first-order chi connectivity index (χ1) is 9.99. The third-order valence-electron chi connectivity index (χ3n) is 2.69. The highest BCUT2D eigenvalue weighted by Gasteiger charge is 2.16. The maximum atomic E-state index is 12.2. The molecule has 0 bridgehead atoms. The van der Waals surface area contributed by atoms with E-state index in [1.165, 1.54) is 22.2 Å². The van der Waals surface area contributed by atoms with E-state index < -0.39 is 5.97 Å². The van der Waals surface area contributed by atoms with Crippen LogP contribution in [0.1, 0.15) is 33.7 Å². The van der Waals surface area contributed by atoms with Gasteiger partial charge in [0.1, 0.15) is 11.4 Å². The van der Waals surface area contributed by atoms with Crippen LogP contribution in [-0.2, 0) is 17.8 Å². The van der Waals surface area contributed by atoms with Crippen molar-refractivity contribution in [1.82, 2.24) is 14.8 Å². The van der Waals surface area contributed by atoms with Crippen LogP contribution in [0.15, 0.2) is 12.3 Å². The molecule has 7 nitrogen and oxygen atoms in total. The van der Waals surface area contributed by atoms with Gasteiger partial charge in [-0.1, -0.05) is 6.92 Å². The first kappa shape index (κ1) is 15.2. The molecule has 0 saturated heterocycles. The highest BCUT2D eigenvalue weighted by Crippen LogP contribution is 2.20. The van der Waals surface area contributed by atoms with Crippen molar-refractivity contribution in [2.24, 2.45) is 0 Å². The number of nitrogens with one attached hydrogen (secondary N) is 1. The van der Waals surface area contributed by atoms with Crippen molar-refractivity contribution in [2.75, 3.05) is 5.32 Å². The quantitative estimate of drug-likeness (QED) is 0.850. The Morgan fingerprint density at radius 2 is 2.24 bits per heavy atom. The van der Waals surface area contributed by atoms with Gasteiger partial charge in [0.05, 0.1) is 10.7 Å². The second-order valence-corrected chi connectivity index (χ2v) is 5.60. The Morgan fingerprint density at radius 1 is 1.48 bits per heavy atom. The van der Waals surface area contributed by atoms with Gasteiger partial charge in [0.25, 0.3) is 5.91 Å². The van der Waals surface area contributed by atoms with Crippen LogP contribution in [0.4, 0.5) is 5.82 Å². The molecule has 2 N–H and O–H groups in total. The van der Waals surface area contributed by atoms with E-state index in [4.69, 9.17) is 5.11 Å². The summed E-state index contributed by atoms with van der Waals surface area (Å²) in [7, 11) is 0. The predicted octanol–water partition coefficient (Wildman–Crippen LogP) is 1.94. The molecule has 2 heterocycles. The Hall–Kier alpha value is -2.22. The number of thiazole rings is 1. The molecule has 2 rings (SSSR count). The maximum Gasteiger partial charge on any atom is 0.325 e. The van der Waals surface area contributed by atoms with Gasteiger partial charge in [-0.3, -0.25) is 14.3 Å². The molecule has 2 aromatic rings. The number of carboxylic acids is 1. The summed E-state index contributed by atoms with van der Waals surface area (Å²) in [5, 5.41) is 16.2. The number of aliphatic carboxylic acids is 1. The number of carbonyl (C=O) groups excluding carboxylic acids is 1. The lowest BCUT2D eigenvalue weighted by atomic mass is 10.3. The molecule has 0 aliphatic carbocycles. The molecule has 0 aromatic carbocycles. The molecule has 0 unspecified atom stereocenters. The van der Waals surface area contributed by atoms with Gasteiger partial charge < -0.3 is 10.4 Å². The van der Waals surface area contributed by atoms with Crippen molar-refractivity contribution in [1.29, 1.82) is 0 Å². The van der Waals surface area contributed by atoms with Crippen LogP contribution in [0.25, 0.3) is 0 Å². The number of anilines is 1.